The molecule has 0 atom stereocenters. The summed E-state index contributed by atoms with van der Waals surface area (Å²) in [5.41, 5.74) is 4.85. The summed E-state index contributed by atoms with van der Waals surface area (Å²) in [6, 6.07) is 18.0. The molecule has 1 aliphatic rings. The second-order valence-electron chi connectivity index (χ2n) is 9.11. The highest BCUT2D eigenvalue weighted by atomic mass is 79.9. The Labute approximate surface area is 205 Å². The number of rotatable bonds is 5. The third kappa shape index (κ3) is 4.18. The van der Waals surface area contributed by atoms with Crippen molar-refractivity contribution in [3.63, 3.8) is 0 Å². The number of hydrogen-bond acceptors (Lipinski definition) is 4. The van der Waals surface area contributed by atoms with E-state index < -0.39 is 6.09 Å². The van der Waals surface area contributed by atoms with Crippen LogP contribution in [0.15, 0.2) is 60.7 Å². The standard InChI is InChI=1S/C26H24BrFN4O2/c1-26(2)16-31(25(33)34-15-18-6-4-3-5-7-18)21-13-19(12-17-8-10-20(28)11-9-17)24-29-22(14-27)30-32(24)23(21)26/h3-11,13H,12,14-16H2,1-2H3. The minimum Gasteiger partial charge on any atom is -0.444 e. The molecule has 0 saturated carbocycles. The molecule has 0 bridgehead atoms. The first-order valence-corrected chi connectivity index (χ1v) is 12.2. The maximum Gasteiger partial charge on any atom is 0.414 e. The van der Waals surface area contributed by atoms with E-state index in [4.69, 9.17) is 14.8 Å². The summed E-state index contributed by atoms with van der Waals surface area (Å²) in [6.07, 6.45) is 0.133. The number of halogens is 2. The van der Waals surface area contributed by atoms with Gasteiger partial charge in [0.2, 0.25) is 0 Å². The van der Waals surface area contributed by atoms with Gasteiger partial charge in [-0.3, -0.25) is 4.90 Å². The first kappa shape index (κ1) is 22.5. The van der Waals surface area contributed by atoms with Crippen molar-refractivity contribution >= 4 is 33.4 Å². The number of aromatic nitrogens is 3. The Kier molecular flexibility index (Phi) is 5.85. The van der Waals surface area contributed by atoms with E-state index in [9.17, 15) is 9.18 Å². The summed E-state index contributed by atoms with van der Waals surface area (Å²) < 4.78 is 21.0. The Morgan fingerprint density at radius 1 is 1.12 bits per heavy atom. The smallest absolute Gasteiger partial charge is 0.414 e. The highest BCUT2D eigenvalue weighted by Crippen LogP contribution is 2.42. The SMILES string of the molecule is CC1(C)CN(C(=O)OCc2ccccc2)c2cc(Cc3ccc(F)cc3)c3nc(CBr)nn3c21. The summed E-state index contributed by atoms with van der Waals surface area (Å²) in [5.74, 6) is 0.385. The van der Waals surface area contributed by atoms with Gasteiger partial charge in [-0.25, -0.2) is 18.7 Å². The van der Waals surface area contributed by atoms with Gasteiger partial charge in [-0.1, -0.05) is 72.2 Å². The van der Waals surface area contributed by atoms with Gasteiger partial charge in [0.25, 0.3) is 0 Å². The summed E-state index contributed by atoms with van der Waals surface area (Å²) in [4.78, 5) is 19.6. The average molecular weight is 523 g/mol. The lowest BCUT2D eigenvalue weighted by molar-refractivity contribution is 0.147. The number of pyridine rings is 1. The van der Waals surface area contributed by atoms with E-state index in [0.29, 0.717) is 24.1 Å². The Morgan fingerprint density at radius 3 is 2.56 bits per heavy atom. The normalized spacial score (nSPS) is 14.4. The Hall–Kier alpha value is -3.26. The predicted octanol–water partition coefficient (Wildman–Crippen LogP) is 5.79. The number of nitrogens with zero attached hydrogens (tertiary/aromatic N) is 4. The Balaban J connectivity index is 1.56. The molecule has 0 saturated heterocycles. The van der Waals surface area contributed by atoms with Gasteiger partial charge in [0.05, 0.1) is 16.7 Å². The molecule has 0 radical (unpaired) electrons. The van der Waals surface area contributed by atoms with Crippen molar-refractivity contribution in [1.29, 1.82) is 0 Å². The molecular formula is C26H24BrFN4O2. The number of fused-ring (bicyclic) bond motifs is 3. The third-order valence-corrected chi connectivity index (χ3v) is 6.54. The van der Waals surface area contributed by atoms with Crippen LogP contribution >= 0.6 is 15.9 Å². The fourth-order valence-electron chi connectivity index (χ4n) is 4.49. The molecule has 1 amide bonds. The highest BCUT2D eigenvalue weighted by molar-refractivity contribution is 9.08. The predicted molar refractivity (Wildman–Crippen MR) is 132 cm³/mol. The topological polar surface area (TPSA) is 59.7 Å². The van der Waals surface area contributed by atoms with Crippen LogP contribution in [0, 0.1) is 5.82 Å². The van der Waals surface area contributed by atoms with Crippen LogP contribution in [0.3, 0.4) is 0 Å². The second-order valence-corrected chi connectivity index (χ2v) is 9.67. The molecule has 0 spiro atoms. The first-order valence-electron chi connectivity index (χ1n) is 11.1. The molecule has 2 aromatic heterocycles. The number of amides is 1. The molecule has 2 aromatic carbocycles. The number of carbonyl (C=O) groups is 1. The van der Waals surface area contributed by atoms with E-state index in [0.717, 1.165) is 33.7 Å². The van der Waals surface area contributed by atoms with Crippen molar-refractivity contribution in [2.24, 2.45) is 0 Å². The Morgan fingerprint density at radius 2 is 1.85 bits per heavy atom. The number of anilines is 1. The second kappa shape index (κ2) is 8.83. The Bertz CT molecular complexity index is 1350. The number of alkyl halides is 1. The van der Waals surface area contributed by atoms with Gasteiger partial charge in [-0.2, -0.15) is 5.10 Å². The summed E-state index contributed by atoms with van der Waals surface area (Å²) in [6.45, 7) is 4.85. The van der Waals surface area contributed by atoms with Crippen LogP contribution in [0.5, 0.6) is 0 Å². The zero-order valence-corrected chi connectivity index (χ0v) is 20.5. The third-order valence-electron chi connectivity index (χ3n) is 6.04. The van der Waals surface area contributed by atoms with E-state index in [1.807, 2.05) is 40.9 Å². The van der Waals surface area contributed by atoms with E-state index in [2.05, 4.69) is 29.8 Å². The molecule has 0 unspecified atom stereocenters. The minimum atomic E-state index is -0.399. The van der Waals surface area contributed by atoms with Crippen LogP contribution in [0.1, 0.15) is 42.1 Å². The van der Waals surface area contributed by atoms with Crippen LogP contribution in [-0.4, -0.2) is 27.2 Å². The van der Waals surface area contributed by atoms with Gasteiger partial charge in [0.15, 0.2) is 11.5 Å². The molecule has 0 fully saturated rings. The fraction of sp³-hybridized carbons (Fsp3) is 0.269. The summed E-state index contributed by atoms with van der Waals surface area (Å²) in [7, 11) is 0. The van der Waals surface area contributed by atoms with Gasteiger partial charge >= 0.3 is 6.09 Å². The van der Waals surface area contributed by atoms with Gasteiger partial charge < -0.3 is 4.74 Å². The monoisotopic (exact) mass is 522 g/mol. The van der Waals surface area contributed by atoms with Crippen LogP contribution in [0.4, 0.5) is 14.9 Å². The molecule has 0 N–H and O–H groups in total. The molecule has 3 heterocycles. The number of ether oxygens (including phenoxy) is 1. The summed E-state index contributed by atoms with van der Waals surface area (Å²) in [5, 5.41) is 5.24. The quantitative estimate of drug-likeness (QED) is 0.311. The molecule has 5 rings (SSSR count). The largest absolute Gasteiger partial charge is 0.444 e. The lowest BCUT2D eigenvalue weighted by Crippen LogP contribution is -2.34. The fourth-order valence-corrected chi connectivity index (χ4v) is 4.73. The van der Waals surface area contributed by atoms with E-state index in [1.165, 1.54) is 12.1 Å². The first-order chi connectivity index (χ1) is 16.4. The number of carbonyl (C=O) groups excluding carboxylic acids is 1. The summed E-state index contributed by atoms with van der Waals surface area (Å²) >= 11 is 3.46. The zero-order chi connectivity index (χ0) is 23.9. The maximum atomic E-state index is 13.4. The van der Waals surface area contributed by atoms with Crippen molar-refractivity contribution in [2.45, 2.75) is 37.6 Å². The molecule has 6 nitrogen and oxygen atoms in total. The van der Waals surface area contributed by atoms with Crippen molar-refractivity contribution < 1.29 is 13.9 Å². The molecule has 1 aliphatic heterocycles. The van der Waals surface area contributed by atoms with Crippen molar-refractivity contribution in [2.75, 3.05) is 11.4 Å². The molecule has 174 valence electrons. The minimum absolute atomic E-state index is 0.202. The zero-order valence-electron chi connectivity index (χ0n) is 19.0. The average Bonchev–Trinajstić information content (AvgIpc) is 3.38. The van der Waals surface area contributed by atoms with Crippen molar-refractivity contribution in [3.8, 4) is 0 Å². The van der Waals surface area contributed by atoms with Crippen molar-refractivity contribution in [3.05, 3.63) is 94.7 Å². The van der Waals surface area contributed by atoms with Crippen LogP contribution in [-0.2, 0) is 28.5 Å². The van der Waals surface area contributed by atoms with Crippen LogP contribution in [0.25, 0.3) is 5.65 Å². The van der Waals surface area contributed by atoms with Crippen LogP contribution in [0.2, 0.25) is 0 Å². The molecule has 0 aliphatic carbocycles. The van der Waals surface area contributed by atoms with Gasteiger partial charge in [-0.15, -0.1) is 0 Å². The van der Waals surface area contributed by atoms with E-state index >= 15 is 0 Å². The van der Waals surface area contributed by atoms with Gasteiger partial charge in [0, 0.05) is 23.9 Å². The van der Waals surface area contributed by atoms with Gasteiger partial charge in [0.1, 0.15) is 12.4 Å². The highest BCUT2D eigenvalue weighted by Gasteiger charge is 2.42. The van der Waals surface area contributed by atoms with Crippen LogP contribution < -0.4 is 4.90 Å². The molecule has 34 heavy (non-hydrogen) atoms. The molecular weight excluding hydrogens is 499 g/mol. The van der Waals surface area contributed by atoms with E-state index in [-0.39, 0.29) is 17.8 Å². The lowest BCUT2D eigenvalue weighted by atomic mass is 9.90. The lowest BCUT2D eigenvalue weighted by Gasteiger charge is -2.20. The van der Waals surface area contributed by atoms with E-state index in [1.54, 1.807) is 17.0 Å². The molecule has 8 heteroatoms. The number of hydrogen-bond donors (Lipinski definition) is 0. The maximum absolute atomic E-state index is 13.4. The van der Waals surface area contributed by atoms with Crippen molar-refractivity contribution in [1.82, 2.24) is 14.6 Å². The molecule has 4 aromatic rings. The van der Waals surface area contributed by atoms with Gasteiger partial charge in [-0.05, 0) is 29.3 Å². The number of benzene rings is 2.